The van der Waals surface area contributed by atoms with E-state index >= 15 is 0 Å². The smallest absolute Gasteiger partial charge is 0.255 e. The van der Waals surface area contributed by atoms with Gasteiger partial charge in [-0.1, -0.05) is 6.92 Å². The Bertz CT molecular complexity index is 491. The fourth-order valence-electron chi connectivity index (χ4n) is 2.14. The first-order chi connectivity index (χ1) is 8.22. The van der Waals surface area contributed by atoms with Gasteiger partial charge in [-0.25, -0.2) is 0 Å². The third-order valence-corrected chi connectivity index (χ3v) is 2.94. The second kappa shape index (κ2) is 4.46. The van der Waals surface area contributed by atoms with E-state index in [1.807, 2.05) is 6.92 Å². The number of nitriles is 1. The molecule has 1 aromatic carbocycles. The summed E-state index contributed by atoms with van der Waals surface area (Å²) in [6.45, 7) is 2.60. The predicted molar refractivity (Wildman–Crippen MR) is 62.7 cm³/mol. The Balaban J connectivity index is 2.46. The summed E-state index contributed by atoms with van der Waals surface area (Å²) in [5.41, 5.74) is 1.37. The van der Waals surface area contributed by atoms with Crippen LogP contribution < -0.4 is 4.74 Å². The number of ether oxygens (including phenoxy) is 1. The van der Waals surface area contributed by atoms with Crippen LogP contribution in [0.3, 0.4) is 0 Å². The van der Waals surface area contributed by atoms with Gasteiger partial charge in [0.1, 0.15) is 11.8 Å². The van der Waals surface area contributed by atoms with Crippen molar-refractivity contribution in [3.8, 4) is 11.8 Å². The van der Waals surface area contributed by atoms with Crippen molar-refractivity contribution in [1.29, 1.82) is 5.26 Å². The van der Waals surface area contributed by atoms with E-state index in [-0.39, 0.29) is 5.91 Å². The lowest BCUT2D eigenvalue weighted by atomic mass is 10.1. The molecule has 0 radical (unpaired) electrons. The minimum Gasteiger partial charge on any atom is -0.497 e. The van der Waals surface area contributed by atoms with Crippen LogP contribution in [0.2, 0.25) is 0 Å². The molecule has 1 aliphatic heterocycles. The van der Waals surface area contributed by atoms with Gasteiger partial charge in [-0.2, -0.15) is 5.26 Å². The number of hydrogen-bond donors (Lipinski definition) is 0. The predicted octanol–water partition coefficient (Wildman–Crippen LogP) is 2.13. The number of rotatable bonds is 3. The molecule has 1 unspecified atom stereocenters. The monoisotopic (exact) mass is 230 g/mol. The van der Waals surface area contributed by atoms with E-state index in [1.165, 1.54) is 0 Å². The van der Waals surface area contributed by atoms with Crippen LogP contribution in [0.1, 0.15) is 35.3 Å². The summed E-state index contributed by atoms with van der Waals surface area (Å²) in [6.07, 6.45) is 0.842. The second-order valence-electron chi connectivity index (χ2n) is 3.98. The molecule has 0 spiro atoms. The molecule has 1 aliphatic rings. The van der Waals surface area contributed by atoms with Crippen LogP contribution >= 0.6 is 0 Å². The molecule has 1 aromatic rings. The lowest BCUT2D eigenvalue weighted by Crippen LogP contribution is -2.28. The largest absolute Gasteiger partial charge is 0.497 e. The fourth-order valence-corrected chi connectivity index (χ4v) is 2.14. The van der Waals surface area contributed by atoms with Gasteiger partial charge in [0.15, 0.2) is 0 Å². The lowest BCUT2D eigenvalue weighted by Gasteiger charge is -2.18. The maximum atomic E-state index is 12.1. The summed E-state index contributed by atoms with van der Waals surface area (Å²) >= 11 is 0. The Morgan fingerprint density at radius 1 is 1.53 bits per heavy atom. The maximum Gasteiger partial charge on any atom is 0.255 e. The highest BCUT2D eigenvalue weighted by Crippen LogP contribution is 2.35. The number of hydrogen-bond acceptors (Lipinski definition) is 3. The van der Waals surface area contributed by atoms with Crippen molar-refractivity contribution in [3.05, 3.63) is 29.3 Å². The van der Waals surface area contributed by atoms with Gasteiger partial charge in [-0.3, -0.25) is 4.79 Å². The van der Waals surface area contributed by atoms with Gasteiger partial charge in [-0.05, 0) is 24.6 Å². The second-order valence-corrected chi connectivity index (χ2v) is 3.98. The van der Waals surface area contributed by atoms with Crippen molar-refractivity contribution < 1.29 is 9.53 Å². The topological polar surface area (TPSA) is 53.3 Å². The van der Waals surface area contributed by atoms with Crippen LogP contribution in [-0.2, 0) is 0 Å². The molecule has 4 nitrogen and oxygen atoms in total. The SMILES string of the molecule is CCCN1C(=O)c2ccc(OC)cc2C1C#N. The standard InChI is InChI=1S/C13H14N2O2/c1-3-6-15-12(8-14)11-7-9(17-2)4-5-10(11)13(15)16/h4-5,7,12H,3,6H2,1-2H3. The molecule has 1 atom stereocenters. The minimum absolute atomic E-state index is 0.0592. The van der Waals surface area contributed by atoms with Crippen LogP contribution in [0, 0.1) is 11.3 Å². The highest BCUT2D eigenvalue weighted by molar-refractivity contribution is 5.99. The summed E-state index contributed by atoms with van der Waals surface area (Å²) in [7, 11) is 1.57. The van der Waals surface area contributed by atoms with Gasteiger partial charge in [0.25, 0.3) is 5.91 Å². The molecule has 17 heavy (non-hydrogen) atoms. The molecule has 0 aromatic heterocycles. The van der Waals surface area contributed by atoms with Gasteiger partial charge in [0, 0.05) is 17.7 Å². The van der Waals surface area contributed by atoms with Gasteiger partial charge >= 0.3 is 0 Å². The van der Waals surface area contributed by atoms with Crippen LogP contribution in [0.25, 0.3) is 0 Å². The number of amides is 1. The molecule has 1 amide bonds. The van der Waals surface area contributed by atoms with E-state index in [1.54, 1.807) is 30.2 Å². The van der Waals surface area contributed by atoms with Crippen molar-refractivity contribution >= 4 is 5.91 Å². The summed E-state index contributed by atoms with van der Waals surface area (Å²) in [5, 5.41) is 9.21. The Morgan fingerprint density at radius 3 is 2.88 bits per heavy atom. The number of carbonyl (C=O) groups excluding carboxylic acids is 1. The van der Waals surface area contributed by atoms with E-state index in [2.05, 4.69) is 6.07 Å². The summed E-state index contributed by atoms with van der Waals surface area (Å²) < 4.78 is 5.12. The van der Waals surface area contributed by atoms with E-state index < -0.39 is 6.04 Å². The van der Waals surface area contributed by atoms with Gasteiger partial charge in [-0.15, -0.1) is 0 Å². The third-order valence-electron chi connectivity index (χ3n) is 2.94. The van der Waals surface area contributed by atoms with Gasteiger partial charge in [0.05, 0.1) is 13.2 Å². The molecule has 0 saturated heterocycles. The lowest BCUT2D eigenvalue weighted by molar-refractivity contribution is 0.0758. The number of fused-ring (bicyclic) bond motifs is 1. The van der Waals surface area contributed by atoms with Crippen molar-refractivity contribution in [2.45, 2.75) is 19.4 Å². The van der Waals surface area contributed by atoms with Crippen LogP contribution in [-0.4, -0.2) is 24.5 Å². The maximum absolute atomic E-state index is 12.1. The molecular formula is C13H14N2O2. The molecule has 0 fully saturated rings. The normalized spacial score (nSPS) is 17.8. The molecule has 0 saturated carbocycles. The van der Waals surface area contributed by atoms with E-state index in [0.717, 1.165) is 12.0 Å². The van der Waals surface area contributed by atoms with E-state index in [4.69, 9.17) is 4.74 Å². The fraction of sp³-hybridized carbons (Fsp3) is 0.385. The van der Waals surface area contributed by atoms with Crippen LogP contribution in [0.15, 0.2) is 18.2 Å². The highest BCUT2D eigenvalue weighted by Gasteiger charge is 2.36. The minimum atomic E-state index is -0.479. The Kier molecular flexibility index (Phi) is 3.01. The first-order valence-electron chi connectivity index (χ1n) is 5.61. The highest BCUT2D eigenvalue weighted by atomic mass is 16.5. The molecule has 0 N–H and O–H groups in total. The Labute approximate surface area is 100 Å². The van der Waals surface area contributed by atoms with Gasteiger partial charge < -0.3 is 9.64 Å². The average Bonchev–Trinajstić information content (AvgIpc) is 2.62. The molecule has 4 heteroatoms. The van der Waals surface area contributed by atoms with Gasteiger partial charge in [0.2, 0.25) is 0 Å². The first kappa shape index (κ1) is 11.5. The zero-order chi connectivity index (χ0) is 12.4. The number of benzene rings is 1. The molecule has 88 valence electrons. The number of nitrogens with zero attached hydrogens (tertiary/aromatic N) is 2. The van der Waals surface area contributed by atoms with Crippen molar-refractivity contribution in [1.82, 2.24) is 4.90 Å². The molecular weight excluding hydrogens is 216 g/mol. The first-order valence-corrected chi connectivity index (χ1v) is 5.61. The summed E-state index contributed by atoms with van der Waals surface area (Å²) in [5.74, 6) is 0.617. The Morgan fingerprint density at radius 2 is 2.29 bits per heavy atom. The molecule has 0 bridgehead atoms. The van der Waals surface area contributed by atoms with Crippen molar-refractivity contribution in [2.24, 2.45) is 0 Å². The number of carbonyl (C=O) groups is 1. The van der Waals surface area contributed by atoms with Crippen LogP contribution in [0.5, 0.6) is 5.75 Å². The summed E-state index contributed by atoms with van der Waals surface area (Å²) in [4.78, 5) is 13.7. The number of methoxy groups -OCH3 is 1. The van der Waals surface area contributed by atoms with E-state index in [9.17, 15) is 10.1 Å². The molecule has 1 heterocycles. The van der Waals surface area contributed by atoms with Crippen LogP contribution in [0.4, 0.5) is 0 Å². The zero-order valence-corrected chi connectivity index (χ0v) is 9.93. The quantitative estimate of drug-likeness (QED) is 0.799. The molecule has 2 rings (SSSR count). The van der Waals surface area contributed by atoms with E-state index in [0.29, 0.717) is 17.9 Å². The average molecular weight is 230 g/mol. The summed E-state index contributed by atoms with van der Waals surface area (Å²) in [6, 6.07) is 6.96. The Hall–Kier alpha value is -2.02. The zero-order valence-electron chi connectivity index (χ0n) is 9.93. The third kappa shape index (κ3) is 1.74. The van der Waals surface area contributed by atoms with Crippen molar-refractivity contribution in [3.63, 3.8) is 0 Å². The molecule has 0 aliphatic carbocycles. The van der Waals surface area contributed by atoms with Crippen molar-refractivity contribution in [2.75, 3.05) is 13.7 Å².